The molecule has 7 nitrogen and oxygen atoms in total. The SMILES string of the molecule is CCCCNC(=O)C(Cc1ccccc1)N(Cc1ccccc1F)C(=O)CN(c1ccc(Cl)cc1Cl)S(=O)(=O)c1ccccc1. The third kappa shape index (κ3) is 8.84. The van der Waals surface area contributed by atoms with Crippen LogP contribution in [0.1, 0.15) is 30.9 Å². The molecule has 236 valence electrons. The normalized spacial score (nSPS) is 11.9. The van der Waals surface area contributed by atoms with E-state index in [4.69, 9.17) is 23.2 Å². The van der Waals surface area contributed by atoms with Crippen LogP contribution < -0.4 is 9.62 Å². The van der Waals surface area contributed by atoms with Gasteiger partial charge in [0.2, 0.25) is 11.8 Å². The maximum Gasteiger partial charge on any atom is 0.264 e. The van der Waals surface area contributed by atoms with E-state index >= 15 is 4.39 Å². The second-order valence-corrected chi connectivity index (χ2v) is 13.1. The number of nitrogens with one attached hydrogen (secondary N) is 1. The quantitative estimate of drug-likeness (QED) is 0.148. The molecular weight excluding hydrogens is 636 g/mol. The number of unbranched alkanes of at least 4 members (excludes halogenated alkanes) is 1. The van der Waals surface area contributed by atoms with Gasteiger partial charge < -0.3 is 10.2 Å². The first-order chi connectivity index (χ1) is 21.6. The molecule has 1 N–H and O–H groups in total. The van der Waals surface area contributed by atoms with Crippen LogP contribution in [0.2, 0.25) is 10.0 Å². The summed E-state index contributed by atoms with van der Waals surface area (Å²) in [4.78, 5) is 29.3. The highest BCUT2D eigenvalue weighted by Crippen LogP contribution is 2.33. The minimum absolute atomic E-state index is 0.00797. The van der Waals surface area contributed by atoms with Gasteiger partial charge in [-0.15, -0.1) is 0 Å². The molecule has 0 fully saturated rings. The highest BCUT2D eigenvalue weighted by molar-refractivity contribution is 7.92. The van der Waals surface area contributed by atoms with Gasteiger partial charge in [-0.05, 0) is 48.4 Å². The minimum Gasteiger partial charge on any atom is -0.354 e. The van der Waals surface area contributed by atoms with Gasteiger partial charge in [0.25, 0.3) is 10.0 Å². The number of rotatable bonds is 14. The van der Waals surface area contributed by atoms with E-state index in [2.05, 4.69) is 5.32 Å². The Morgan fingerprint density at radius 1 is 0.889 bits per heavy atom. The van der Waals surface area contributed by atoms with E-state index in [1.807, 2.05) is 37.3 Å². The third-order valence-electron chi connectivity index (χ3n) is 7.19. The van der Waals surface area contributed by atoms with Gasteiger partial charge in [-0.3, -0.25) is 13.9 Å². The molecule has 0 saturated heterocycles. The van der Waals surface area contributed by atoms with Crippen LogP contribution in [0.15, 0.2) is 108 Å². The van der Waals surface area contributed by atoms with Crippen molar-refractivity contribution in [1.29, 1.82) is 0 Å². The molecule has 0 aromatic heterocycles. The number of sulfonamides is 1. The summed E-state index contributed by atoms with van der Waals surface area (Å²) in [6, 6.07) is 25.9. The first-order valence-electron chi connectivity index (χ1n) is 14.5. The highest BCUT2D eigenvalue weighted by atomic mass is 35.5. The molecule has 0 aliphatic heterocycles. The molecule has 0 spiro atoms. The zero-order valence-electron chi connectivity index (χ0n) is 24.7. The molecule has 4 aromatic carbocycles. The lowest BCUT2D eigenvalue weighted by molar-refractivity contribution is -0.140. The number of halogens is 3. The number of carbonyl (C=O) groups is 2. The van der Waals surface area contributed by atoms with E-state index in [0.717, 1.165) is 22.7 Å². The van der Waals surface area contributed by atoms with Crippen LogP contribution in [0.3, 0.4) is 0 Å². The Morgan fingerprint density at radius 2 is 1.53 bits per heavy atom. The summed E-state index contributed by atoms with van der Waals surface area (Å²) in [5, 5.41) is 3.19. The molecular formula is C34H34Cl2FN3O4S. The van der Waals surface area contributed by atoms with Crippen molar-refractivity contribution in [1.82, 2.24) is 10.2 Å². The van der Waals surface area contributed by atoms with Gasteiger partial charge in [-0.1, -0.05) is 103 Å². The molecule has 4 rings (SSSR count). The lowest BCUT2D eigenvalue weighted by Gasteiger charge is -2.34. The zero-order chi connectivity index (χ0) is 32.4. The van der Waals surface area contributed by atoms with Crippen molar-refractivity contribution in [2.75, 3.05) is 17.4 Å². The zero-order valence-corrected chi connectivity index (χ0v) is 27.0. The Balaban J connectivity index is 1.81. The maximum atomic E-state index is 15.0. The second-order valence-electron chi connectivity index (χ2n) is 10.4. The van der Waals surface area contributed by atoms with Crippen molar-refractivity contribution in [3.63, 3.8) is 0 Å². The Kier molecular flexibility index (Phi) is 12.0. The first-order valence-corrected chi connectivity index (χ1v) is 16.7. The molecule has 1 unspecified atom stereocenters. The van der Waals surface area contributed by atoms with Crippen LogP contribution in [0.25, 0.3) is 0 Å². The average molecular weight is 671 g/mol. The number of amides is 2. The predicted molar refractivity (Wildman–Crippen MR) is 176 cm³/mol. The summed E-state index contributed by atoms with van der Waals surface area (Å²) in [5.41, 5.74) is 0.970. The molecule has 0 aliphatic carbocycles. The van der Waals surface area contributed by atoms with Crippen LogP contribution in [0, 0.1) is 5.82 Å². The van der Waals surface area contributed by atoms with Crippen molar-refractivity contribution < 1.29 is 22.4 Å². The summed E-state index contributed by atoms with van der Waals surface area (Å²) < 4.78 is 44.0. The maximum absolute atomic E-state index is 15.0. The molecule has 0 heterocycles. The number of carbonyl (C=O) groups excluding carboxylic acids is 2. The summed E-state index contributed by atoms with van der Waals surface area (Å²) in [6.07, 6.45) is 1.69. The van der Waals surface area contributed by atoms with E-state index in [1.54, 1.807) is 24.3 Å². The minimum atomic E-state index is -4.34. The molecule has 11 heteroatoms. The molecule has 2 amide bonds. The molecule has 0 saturated carbocycles. The van der Waals surface area contributed by atoms with Gasteiger partial charge in [-0.2, -0.15) is 0 Å². The van der Waals surface area contributed by atoms with Crippen molar-refractivity contribution in [3.8, 4) is 0 Å². The van der Waals surface area contributed by atoms with Crippen LogP contribution in [-0.2, 0) is 32.6 Å². The van der Waals surface area contributed by atoms with E-state index < -0.39 is 40.2 Å². The molecule has 1 atom stereocenters. The summed E-state index contributed by atoms with van der Waals surface area (Å²) in [7, 11) is -4.34. The van der Waals surface area contributed by atoms with Gasteiger partial charge in [0.15, 0.2) is 0 Å². The third-order valence-corrected chi connectivity index (χ3v) is 9.50. The lowest BCUT2D eigenvalue weighted by atomic mass is 10.0. The van der Waals surface area contributed by atoms with Crippen LogP contribution in [0.5, 0.6) is 0 Å². The van der Waals surface area contributed by atoms with E-state index in [0.29, 0.717) is 6.54 Å². The van der Waals surface area contributed by atoms with Crippen molar-refractivity contribution in [2.24, 2.45) is 0 Å². The number of hydrogen-bond donors (Lipinski definition) is 1. The first kappa shape index (κ1) is 34.0. The summed E-state index contributed by atoms with van der Waals surface area (Å²) >= 11 is 12.6. The lowest BCUT2D eigenvalue weighted by Crippen LogP contribution is -2.53. The largest absolute Gasteiger partial charge is 0.354 e. The Hall–Kier alpha value is -3.92. The standard InChI is InChI=1S/C34H34Cl2FN3O4S/c1-2-3-20-38-34(42)32(21-25-12-6-4-7-13-25)39(23-26-14-10-11-17-30(26)37)33(41)24-40(31-19-18-27(35)22-29(31)36)45(43,44)28-15-8-5-9-16-28/h4-19,22,32H,2-3,20-21,23-24H2,1H3,(H,38,42). The van der Waals surface area contributed by atoms with Gasteiger partial charge >= 0.3 is 0 Å². The summed E-state index contributed by atoms with van der Waals surface area (Å²) in [5.74, 6) is -1.72. The molecule has 4 aromatic rings. The van der Waals surface area contributed by atoms with Crippen molar-refractivity contribution >= 4 is 50.7 Å². The van der Waals surface area contributed by atoms with Crippen LogP contribution in [0.4, 0.5) is 10.1 Å². The molecule has 45 heavy (non-hydrogen) atoms. The number of benzene rings is 4. The Bertz CT molecular complexity index is 1710. The second kappa shape index (κ2) is 15.9. The Labute approximate surface area is 273 Å². The van der Waals surface area contributed by atoms with E-state index in [1.165, 1.54) is 53.4 Å². The monoisotopic (exact) mass is 669 g/mol. The smallest absolute Gasteiger partial charge is 0.264 e. The molecule has 0 aliphatic rings. The number of anilines is 1. The average Bonchev–Trinajstić information content (AvgIpc) is 3.03. The van der Waals surface area contributed by atoms with Gasteiger partial charge in [0.05, 0.1) is 15.6 Å². The number of hydrogen-bond acceptors (Lipinski definition) is 4. The molecule has 0 radical (unpaired) electrons. The Morgan fingerprint density at radius 3 is 2.18 bits per heavy atom. The molecule has 0 bridgehead atoms. The fourth-order valence-electron chi connectivity index (χ4n) is 4.79. The van der Waals surface area contributed by atoms with Gasteiger partial charge in [0.1, 0.15) is 18.4 Å². The number of nitrogens with zero attached hydrogens (tertiary/aromatic N) is 2. The van der Waals surface area contributed by atoms with Gasteiger partial charge in [-0.25, -0.2) is 12.8 Å². The van der Waals surface area contributed by atoms with Gasteiger partial charge in [0, 0.05) is 30.1 Å². The topological polar surface area (TPSA) is 86.8 Å². The predicted octanol–water partition coefficient (Wildman–Crippen LogP) is 6.88. The fourth-order valence-corrected chi connectivity index (χ4v) is 6.80. The summed E-state index contributed by atoms with van der Waals surface area (Å²) in [6.45, 7) is 1.38. The highest BCUT2D eigenvalue weighted by Gasteiger charge is 2.35. The van der Waals surface area contributed by atoms with Crippen molar-refractivity contribution in [3.05, 3.63) is 130 Å². The van der Waals surface area contributed by atoms with E-state index in [-0.39, 0.29) is 39.2 Å². The fraction of sp³-hybridized carbons (Fsp3) is 0.235. The van der Waals surface area contributed by atoms with Crippen molar-refractivity contribution in [2.45, 2.75) is 43.7 Å². The van der Waals surface area contributed by atoms with E-state index in [9.17, 15) is 18.0 Å². The van der Waals surface area contributed by atoms with Crippen LogP contribution in [-0.4, -0.2) is 44.3 Å². The van der Waals surface area contributed by atoms with Crippen LogP contribution >= 0.6 is 23.2 Å².